The van der Waals surface area contributed by atoms with Crippen molar-refractivity contribution in [1.29, 1.82) is 0 Å². The van der Waals surface area contributed by atoms with E-state index in [0.717, 1.165) is 37.6 Å². The first kappa shape index (κ1) is 14.5. The Morgan fingerprint density at radius 3 is 3.00 bits per heavy atom. The van der Waals surface area contributed by atoms with Crippen LogP contribution in [-0.2, 0) is 19.7 Å². The third-order valence-electron chi connectivity index (χ3n) is 2.98. The zero-order valence-electron chi connectivity index (χ0n) is 12.2. The van der Waals surface area contributed by atoms with Gasteiger partial charge in [-0.1, -0.05) is 26.0 Å². The standard InChI is InChI=1S/C15H22N4O/c1-3-8-19-15(17-12-18-19)11-20-14-7-5-6-13(9-14)10-16-4-2/h5-7,9,12,16H,3-4,8,10-11H2,1-2H3. The van der Waals surface area contributed by atoms with Crippen molar-refractivity contribution >= 4 is 0 Å². The maximum atomic E-state index is 5.81. The maximum Gasteiger partial charge on any atom is 0.164 e. The molecule has 0 radical (unpaired) electrons. The average molecular weight is 274 g/mol. The van der Waals surface area contributed by atoms with Crippen molar-refractivity contribution in [3.8, 4) is 5.75 Å². The first-order valence-corrected chi connectivity index (χ1v) is 7.12. The minimum Gasteiger partial charge on any atom is -0.486 e. The Hall–Kier alpha value is -1.88. The Bertz CT molecular complexity index is 524. The SMILES string of the molecule is CCCn1ncnc1COc1cccc(CNCC)c1. The quantitative estimate of drug-likeness (QED) is 0.803. The molecule has 108 valence electrons. The topological polar surface area (TPSA) is 52.0 Å². The first-order valence-electron chi connectivity index (χ1n) is 7.12. The molecule has 0 saturated heterocycles. The molecule has 0 bridgehead atoms. The predicted octanol–water partition coefficient (Wildman–Crippen LogP) is 2.38. The highest BCUT2D eigenvalue weighted by Crippen LogP contribution is 2.14. The molecule has 0 spiro atoms. The number of aryl methyl sites for hydroxylation is 1. The monoisotopic (exact) mass is 274 g/mol. The van der Waals surface area contributed by atoms with E-state index in [2.05, 4.69) is 41.4 Å². The third kappa shape index (κ3) is 4.06. The van der Waals surface area contributed by atoms with Crippen molar-refractivity contribution in [2.45, 2.75) is 40.0 Å². The third-order valence-corrected chi connectivity index (χ3v) is 2.98. The molecule has 0 unspecified atom stereocenters. The van der Waals surface area contributed by atoms with Crippen molar-refractivity contribution in [2.24, 2.45) is 0 Å². The lowest BCUT2D eigenvalue weighted by Gasteiger charge is -2.09. The van der Waals surface area contributed by atoms with Crippen LogP contribution >= 0.6 is 0 Å². The van der Waals surface area contributed by atoms with E-state index in [1.807, 2.05) is 16.8 Å². The van der Waals surface area contributed by atoms with E-state index in [-0.39, 0.29) is 0 Å². The van der Waals surface area contributed by atoms with Crippen LogP contribution in [0.2, 0.25) is 0 Å². The van der Waals surface area contributed by atoms with Gasteiger partial charge >= 0.3 is 0 Å². The fraction of sp³-hybridized carbons (Fsp3) is 0.467. The number of hydrogen-bond donors (Lipinski definition) is 1. The minimum atomic E-state index is 0.449. The highest BCUT2D eigenvalue weighted by atomic mass is 16.5. The van der Waals surface area contributed by atoms with Crippen LogP contribution < -0.4 is 10.1 Å². The Morgan fingerprint density at radius 1 is 1.30 bits per heavy atom. The summed E-state index contributed by atoms with van der Waals surface area (Å²) in [6.07, 6.45) is 2.62. The summed E-state index contributed by atoms with van der Waals surface area (Å²) < 4.78 is 7.70. The van der Waals surface area contributed by atoms with Crippen LogP contribution in [0.15, 0.2) is 30.6 Å². The van der Waals surface area contributed by atoms with Crippen LogP contribution in [0.1, 0.15) is 31.7 Å². The maximum absolute atomic E-state index is 5.81. The molecule has 0 aliphatic rings. The van der Waals surface area contributed by atoms with Gasteiger partial charge in [0.1, 0.15) is 18.7 Å². The van der Waals surface area contributed by atoms with Crippen molar-refractivity contribution in [3.05, 3.63) is 42.0 Å². The molecule has 0 aliphatic heterocycles. The van der Waals surface area contributed by atoms with Crippen LogP contribution in [0.25, 0.3) is 0 Å². The van der Waals surface area contributed by atoms with Crippen molar-refractivity contribution in [3.63, 3.8) is 0 Å². The summed E-state index contributed by atoms with van der Waals surface area (Å²) in [5.74, 6) is 1.73. The molecule has 1 heterocycles. The summed E-state index contributed by atoms with van der Waals surface area (Å²) >= 11 is 0. The van der Waals surface area contributed by atoms with E-state index in [1.54, 1.807) is 6.33 Å². The van der Waals surface area contributed by atoms with E-state index < -0.39 is 0 Å². The fourth-order valence-corrected chi connectivity index (χ4v) is 1.96. The minimum absolute atomic E-state index is 0.449. The van der Waals surface area contributed by atoms with E-state index in [9.17, 15) is 0 Å². The average Bonchev–Trinajstić information content (AvgIpc) is 2.91. The Balaban J connectivity index is 1.94. The van der Waals surface area contributed by atoms with Gasteiger partial charge in [-0.15, -0.1) is 0 Å². The molecule has 1 aromatic heterocycles. The van der Waals surface area contributed by atoms with Gasteiger partial charge in [0, 0.05) is 13.1 Å². The highest BCUT2D eigenvalue weighted by Gasteiger charge is 2.04. The van der Waals surface area contributed by atoms with Gasteiger partial charge in [0.05, 0.1) is 0 Å². The number of ether oxygens (including phenoxy) is 1. The van der Waals surface area contributed by atoms with Crippen LogP contribution in [0.3, 0.4) is 0 Å². The first-order chi connectivity index (χ1) is 9.83. The zero-order valence-corrected chi connectivity index (χ0v) is 12.2. The van der Waals surface area contributed by atoms with Gasteiger partial charge in [-0.25, -0.2) is 9.67 Å². The van der Waals surface area contributed by atoms with Crippen LogP contribution in [0.5, 0.6) is 5.75 Å². The smallest absolute Gasteiger partial charge is 0.164 e. The zero-order chi connectivity index (χ0) is 14.2. The molecule has 0 fully saturated rings. The van der Waals surface area contributed by atoms with Gasteiger partial charge in [0.25, 0.3) is 0 Å². The summed E-state index contributed by atoms with van der Waals surface area (Å²) in [5, 5.41) is 7.50. The lowest BCUT2D eigenvalue weighted by Crippen LogP contribution is -2.12. The second kappa shape index (κ2) is 7.65. The second-order valence-electron chi connectivity index (χ2n) is 4.62. The molecule has 5 nitrogen and oxygen atoms in total. The van der Waals surface area contributed by atoms with Crippen molar-refractivity contribution < 1.29 is 4.74 Å². The molecule has 1 N–H and O–H groups in total. The molecule has 5 heteroatoms. The van der Waals surface area contributed by atoms with Gasteiger partial charge in [-0.3, -0.25) is 0 Å². The number of aromatic nitrogens is 3. The summed E-state index contributed by atoms with van der Waals surface area (Å²) in [5.41, 5.74) is 1.22. The van der Waals surface area contributed by atoms with E-state index >= 15 is 0 Å². The Morgan fingerprint density at radius 2 is 2.20 bits per heavy atom. The summed E-state index contributed by atoms with van der Waals surface area (Å²) in [7, 11) is 0. The van der Waals surface area contributed by atoms with E-state index in [0.29, 0.717) is 6.61 Å². The second-order valence-corrected chi connectivity index (χ2v) is 4.62. The summed E-state index contributed by atoms with van der Waals surface area (Å²) in [6, 6.07) is 8.13. The molecular formula is C15H22N4O. The molecule has 2 rings (SSSR count). The lowest BCUT2D eigenvalue weighted by molar-refractivity contribution is 0.286. The number of hydrogen-bond acceptors (Lipinski definition) is 4. The van der Waals surface area contributed by atoms with Gasteiger partial charge in [0.15, 0.2) is 5.82 Å². The van der Waals surface area contributed by atoms with Gasteiger partial charge in [0.2, 0.25) is 0 Å². The van der Waals surface area contributed by atoms with Gasteiger partial charge in [-0.05, 0) is 30.7 Å². The molecule has 0 aliphatic carbocycles. The lowest BCUT2D eigenvalue weighted by atomic mass is 10.2. The molecule has 0 amide bonds. The predicted molar refractivity (Wildman–Crippen MR) is 78.5 cm³/mol. The fourth-order valence-electron chi connectivity index (χ4n) is 1.96. The molecular weight excluding hydrogens is 252 g/mol. The van der Waals surface area contributed by atoms with Gasteiger partial charge < -0.3 is 10.1 Å². The van der Waals surface area contributed by atoms with E-state index in [4.69, 9.17) is 4.74 Å². The van der Waals surface area contributed by atoms with Crippen molar-refractivity contribution in [2.75, 3.05) is 6.54 Å². The largest absolute Gasteiger partial charge is 0.486 e. The number of nitrogens with one attached hydrogen (secondary N) is 1. The summed E-state index contributed by atoms with van der Waals surface area (Å²) in [4.78, 5) is 4.24. The molecule has 0 saturated carbocycles. The molecule has 20 heavy (non-hydrogen) atoms. The van der Waals surface area contributed by atoms with E-state index in [1.165, 1.54) is 5.56 Å². The summed E-state index contributed by atoms with van der Waals surface area (Å²) in [6.45, 7) is 7.37. The van der Waals surface area contributed by atoms with Gasteiger partial charge in [-0.2, -0.15) is 5.10 Å². The van der Waals surface area contributed by atoms with Crippen molar-refractivity contribution in [1.82, 2.24) is 20.1 Å². The van der Waals surface area contributed by atoms with Crippen LogP contribution in [0.4, 0.5) is 0 Å². The Kier molecular flexibility index (Phi) is 5.55. The number of benzene rings is 1. The normalized spacial score (nSPS) is 10.7. The highest BCUT2D eigenvalue weighted by molar-refractivity contribution is 5.28. The van der Waals surface area contributed by atoms with Crippen LogP contribution in [-0.4, -0.2) is 21.3 Å². The van der Waals surface area contributed by atoms with Crippen LogP contribution in [0, 0.1) is 0 Å². The number of nitrogens with zero attached hydrogens (tertiary/aromatic N) is 3. The molecule has 0 atom stereocenters. The molecule has 2 aromatic rings. The number of rotatable bonds is 8. The molecule has 1 aromatic carbocycles. The Labute approximate surface area is 120 Å².